The second-order valence-corrected chi connectivity index (χ2v) is 6.00. The third-order valence-electron chi connectivity index (χ3n) is 2.41. The number of sulfone groups is 1. The van der Waals surface area contributed by atoms with Crippen molar-refractivity contribution in [2.24, 2.45) is 5.73 Å². The average Bonchev–Trinajstić information content (AvgIpc) is 2.28. The molecule has 0 saturated carbocycles. The Kier molecular flexibility index (Phi) is 4.11. The Morgan fingerprint density at radius 1 is 1.29 bits per heavy atom. The van der Waals surface area contributed by atoms with Gasteiger partial charge in [-0.3, -0.25) is 4.79 Å². The lowest BCUT2D eigenvalue weighted by molar-refractivity contribution is -0.116. The minimum absolute atomic E-state index is 0.0729. The largest absolute Gasteiger partial charge is 0.368 e. The summed E-state index contributed by atoms with van der Waals surface area (Å²) in [5, 5.41) is 0. The molecule has 0 aliphatic heterocycles. The van der Waals surface area contributed by atoms with E-state index < -0.39 is 15.7 Å². The highest BCUT2D eigenvalue weighted by atomic mass is 32.2. The molecular weight excluding hydrogens is 240 g/mol. The lowest BCUT2D eigenvalue weighted by atomic mass is 10.3. The molecule has 6 heteroatoms. The summed E-state index contributed by atoms with van der Waals surface area (Å²) in [5.41, 5.74) is 5.82. The van der Waals surface area contributed by atoms with Crippen molar-refractivity contribution in [2.45, 2.75) is 11.8 Å². The van der Waals surface area contributed by atoms with Gasteiger partial charge in [0.2, 0.25) is 5.91 Å². The van der Waals surface area contributed by atoms with Gasteiger partial charge in [-0.1, -0.05) is 6.92 Å². The summed E-state index contributed by atoms with van der Waals surface area (Å²) in [5.74, 6) is -0.360. The first-order valence-corrected chi connectivity index (χ1v) is 6.84. The van der Waals surface area contributed by atoms with E-state index in [-0.39, 0.29) is 17.2 Å². The molecular formula is C11H16N2O3S. The van der Waals surface area contributed by atoms with Crippen molar-refractivity contribution in [3.63, 3.8) is 0 Å². The Balaban J connectivity index is 2.92. The molecule has 0 aliphatic carbocycles. The summed E-state index contributed by atoms with van der Waals surface area (Å²) in [6, 6.07) is 6.38. The van der Waals surface area contributed by atoms with Crippen molar-refractivity contribution < 1.29 is 13.2 Å². The van der Waals surface area contributed by atoms with Crippen LogP contribution in [0, 0.1) is 0 Å². The van der Waals surface area contributed by atoms with Gasteiger partial charge in [-0.05, 0) is 24.3 Å². The number of likely N-dealkylation sites (N-methyl/N-ethyl adjacent to an activating group) is 1. The van der Waals surface area contributed by atoms with Gasteiger partial charge in [0.05, 0.1) is 17.2 Å². The molecule has 0 unspecified atom stereocenters. The molecule has 1 aromatic rings. The van der Waals surface area contributed by atoms with E-state index in [1.807, 2.05) is 0 Å². The molecule has 0 heterocycles. The second-order valence-electron chi connectivity index (χ2n) is 3.72. The quantitative estimate of drug-likeness (QED) is 0.827. The van der Waals surface area contributed by atoms with Crippen LogP contribution in [0.4, 0.5) is 5.69 Å². The molecule has 0 fully saturated rings. The number of hydrogen-bond donors (Lipinski definition) is 1. The lowest BCUT2D eigenvalue weighted by Crippen LogP contribution is -2.30. The maximum absolute atomic E-state index is 11.6. The van der Waals surface area contributed by atoms with Crippen molar-refractivity contribution in [3.8, 4) is 0 Å². The lowest BCUT2D eigenvalue weighted by Gasteiger charge is -2.17. The smallest absolute Gasteiger partial charge is 0.236 e. The zero-order valence-electron chi connectivity index (χ0n) is 9.88. The Hall–Kier alpha value is -1.56. The molecule has 94 valence electrons. The summed E-state index contributed by atoms with van der Waals surface area (Å²) in [6.07, 6.45) is 0. The Morgan fingerprint density at radius 3 is 2.24 bits per heavy atom. The van der Waals surface area contributed by atoms with Gasteiger partial charge < -0.3 is 10.6 Å². The Labute approximate surface area is 101 Å². The van der Waals surface area contributed by atoms with Crippen molar-refractivity contribution in [3.05, 3.63) is 24.3 Å². The highest BCUT2D eigenvalue weighted by Gasteiger charge is 2.11. The number of hydrogen-bond acceptors (Lipinski definition) is 4. The highest BCUT2D eigenvalue weighted by Crippen LogP contribution is 2.17. The van der Waals surface area contributed by atoms with Gasteiger partial charge in [-0.15, -0.1) is 0 Å². The first-order valence-electron chi connectivity index (χ1n) is 5.19. The Bertz CT molecular complexity index is 494. The molecule has 1 aromatic carbocycles. The van der Waals surface area contributed by atoms with E-state index in [1.54, 1.807) is 31.0 Å². The van der Waals surface area contributed by atoms with Crippen LogP contribution >= 0.6 is 0 Å². The molecule has 0 spiro atoms. The van der Waals surface area contributed by atoms with Crippen LogP contribution in [0.3, 0.4) is 0 Å². The zero-order valence-corrected chi connectivity index (χ0v) is 10.7. The number of primary amides is 1. The predicted octanol–water partition coefficient (Wildman–Crippen LogP) is 0.402. The third kappa shape index (κ3) is 3.45. The molecule has 1 amide bonds. The number of rotatable bonds is 5. The molecule has 0 atom stereocenters. The number of anilines is 1. The van der Waals surface area contributed by atoms with Crippen LogP contribution in [0.5, 0.6) is 0 Å². The SMILES string of the molecule is CCS(=O)(=O)c1ccc(N(C)CC(N)=O)cc1. The fourth-order valence-corrected chi connectivity index (χ4v) is 2.28. The van der Waals surface area contributed by atoms with Gasteiger partial charge in [0, 0.05) is 12.7 Å². The van der Waals surface area contributed by atoms with Crippen LogP contribution in [0.2, 0.25) is 0 Å². The maximum Gasteiger partial charge on any atom is 0.236 e. The minimum atomic E-state index is -3.17. The van der Waals surface area contributed by atoms with Gasteiger partial charge in [0.15, 0.2) is 9.84 Å². The van der Waals surface area contributed by atoms with Crippen molar-refractivity contribution in [1.29, 1.82) is 0 Å². The highest BCUT2D eigenvalue weighted by molar-refractivity contribution is 7.91. The van der Waals surface area contributed by atoms with E-state index in [0.29, 0.717) is 0 Å². The summed E-state index contributed by atoms with van der Waals surface area (Å²) in [6.45, 7) is 1.70. The zero-order chi connectivity index (χ0) is 13.1. The number of nitrogens with two attached hydrogens (primary N) is 1. The summed E-state index contributed by atoms with van der Waals surface area (Å²) in [7, 11) is -1.46. The topological polar surface area (TPSA) is 80.5 Å². The van der Waals surface area contributed by atoms with E-state index in [0.717, 1.165) is 5.69 Å². The van der Waals surface area contributed by atoms with E-state index in [2.05, 4.69) is 0 Å². The summed E-state index contributed by atoms with van der Waals surface area (Å²) < 4.78 is 23.1. The molecule has 0 saturated heterocycles. The second kappa shape index (κ2) is 5.18. The van der Waals surface area contributed by atoms with Crippen molar-refractivity contribution in [1.82, 2.24) is 0 Å². The fraction of sp³-hybridized carbons (Fsp3) is 0.364. The molecule has 0 radical (unpaired) electrons. The van der Waals surface area contributed by atoms with Gasteiger partial charge in [0.25, 0.3) is 0 Å². The first-order chi connectivity index (χ1) is 7.86. The number of carbonyl (C=O) groups is 1. The fourth-order valence-electron chi connectivity index (χ4n) is 1.40. The predicted molar refractivity (Wildman–Crippen MR) is 66.6 cm³/mol. The van der Waals surface area contributed by atoms with Crippen molar-refractivity contribution in [2.75, 3.05) is 24.2 Å². The van der Waals surface area contributed by atoms with Crippen molar-refractivity contribution >= 4 is 21.4 Å². The van der Waals surface area contributed by atoms with E-state index in [4.69, 9.17) is 5.73 Å². The van der Waals surface area contributed by atoms with E-state index in [9.17, 15) is 13.2 Å². The molecule has 0 bridgehead atoms. The van der Waals surface area contributed by atoms with Crippen LogP contribution in [0.1, 0.15) is 6.92 Å². The molecule has 17 heavy (non-hydrogen) atoms. The van der Waals surface area contributed by atoms with Crippen LogP contribution in [0.25, 0.3) is 0 Å². The monoisotopic (exact) mass is 256 g/mol. The number of benzene rings is 1. The van der Waals surface area contributed by atoms with Crippen LogP contribution < -0.4 is 10.6 Å². The maximum atomic E-state index is 11.6. The third-order valence-corrected chi connectivity index (χ3v) is 4.16. The van der Waals surface area contributed by atoms with Gasteiger partial charge in [0.1, 0.15) is 0 Å². The molecule has 5 nitrogen and oxygen atoms in total. The van der Waals surface area contributed by atoms with E-state index in [1.165, 1.54) is 12.1 Å². The summed E-state index contributed by atoms with van der Waals surface area (Å²) in [4.78, 5) is 12.7. The number of carbonyl (C=O) groups excluding carboxylic acids is 1. The molecule has 0 aromatic heterocycles. The number of nitrogens with zero attached hydrogens (tertiary/aromatic N) is 1. The van der Waals surface area contributed by atoms with Gasteiger partial charge in [-0.2, -0.15) is 0 Å². The minimum Gasteiger partial charge on any atom is -0.368 e. The molecule has 1 rings (SSSR count). The molecule has 2 N–H and O–H groups in total. The standard InChI is InChI=1S/C11H16N2O3S/c1-3-17(15,16)10-6-4-9(5-7-10)13(2)8-11(12)14/h4-7H,3,8H2,1-2H3,(H2,12,14). The van der Waals surface area contributed by atoms with E-state index >= 15 is 0 Å². The summed E-state index contributed by atoms with van der Waals surface area (Å²) >= 11 is 0. The van der Waals surface area contributed by atoms with Crippen LogP contribution in [0.15, 0.2) is 29.2 Å². The molecule has 0 aliphatic rings. The average molecular weight is 256 g/mol. The van der Waals surface area contributed by atoms with Crippen LogP contribution in [-0.2, 0) is 14.6 Å². The van der Waals surface area contributed by atoms with Gasteiger partial charge >= 0.3 is 0 Å². The normalized spacial score (nSPS) is 11.2. The van der Waals surface area contributed by atoms with Gasteiger partial charge in [-0.25, -0.2) is 8.42 Å². The first kappa shape index (κ1) is 13.5. The van der Waals surface area contributed by atoms with Crippen LogP contribution in [-0.4, -0.2) is 33.7 Å². The Morgan fingerprint density at radius 2 is 1.82 bits per heavy atom. The number of amides is 1.